The summed E-state index contributed by atoms with van der Waals surface area (Å²) >= 11 is 0. The van der Waals surface area contributed by atoms with E-state index in [1.54, 1.807) is 38.4 Å². The molecule has 0 heterocycles. The third-order valence-electron chi connectivity index (χ3n) is 3.60. The van der Waals surface area contributed by atoms with Crippen molar-refractivity contribution in [2.45, 2.75) is 13.3 Å². The summed E-state index contributed by atoms with van der Waals surface area (Å²) < 4.78 is 5.52. The van der Waals surface area contributed by atoms with Gasteiger partial charge in [0.1, 0.15) is 5.75 Å². The molecule has 0 unspecified atom stereocenters. The van der Waals surface area contributed by atoms with Gasteiger partial charge >= 0.3 is 0 Å². The fourth-order valence-corrected chi connectivity index (χ4v) is 2.23. The lowest BCUT2D eigenvalue weighted by atomic mass is 10.2. The van der Waals surface area contributed by atoms with Crippen LogP contribution < -0.4 is 15.4 Å². The van der Waals surface area contributed by atoms with Crippen LogP contribution in [0.2, 0.25) is 0 Å². The summed E-state index contributed by atoms with van der Waals surface area (Å²) in [5.41, 5.74) is 2.07. The Morgan fingerprint density at radius 2 is 1.58 bits per heavy atom. The number of ether oxygens (including phenoxy) is 1. The van der Waals surface area contributed by atoms with Crippen LogP contribution in [0.1, 0.15) is 23.7 Å². The zero-order chi connectivity index (χ0) is 18.9. The first-order valence-corrected chi connectivity index (χ1v) is 8.58. The predicted molar refractivity (Wildman–Crippen MR) is 104 cm³/mol. The number of carbonyl (C=O) groups excluding carboxylic acids is 2. The number of anilines is 2. The molecular weight excluding hydrogens is 330 g/mol. The van der Waals surface area contributed by atoms with Gasteiger partial charge in [0.15, 0.2) is 0 Å². The predicted octanol–water partition coefficient (Wildman–Crippen LogP) is 3.23. The molecule has 26 heavy (non-hydrogen) atoms. The lowest BCUT2D eigenvalue weighted by Crippen LogP contribution is -2.22. The van der Waals surface area contributed by atoms with Crippen LogP contribution in [0.4, 0.5) is 11.4 Å². The van der Waals surface area contributed by atoms with Crippen molar-refractivity contribution in [3.63, 3.8) is 0 Å². The minimum atomic E-state index is -0.164. The molecule has 0 aliphatic heterocycles. The number of nitrogens with zero attached hydrogens (tertiary/aromatic N) is 1. The van der Waals surface area contributed by atoms with Gasteiger partial charge in [-0.3, -0.25) is 9.59 Å². The van der Waals surface area contributed by atoms with E-state index in [1.165, 1.54) is 4.90 Å². The molecule has 0 aliphatic rings. The van der Waals surface area contributed by atoms with Gasteiger partial charge in [0.2, 0.25) is 5.91 Å². The molecule has 0 saturated heterocycles. The number of amides is 2. The van der Waals surface area contributed by atoms with E-state index in [-0.39, 0.29) is 18.4 Å². The minimum absolute atomic E-state index is 0.0732. The Balaban J connectivity index is 1.82. The van der Waals surface area contributed by atoms with Crippen LogP contribution >= 0.6 is 0 Å². The van der Waals surface area contributed by atoms with Gasteiger partial charge in [0.25, 0.3) is 5.91 Å². The maximum Gasteiger partial charge on any atom is 0.253 e. The molecule has 0 spiro atoms. The number of rotatable bonds is 8. The summed E-state index contributed by atoms with van der Waals surface area (Å²) in [7, 11) is 3.40. The van der Waals surface area contributed by atoms with Crippen LogP contribution in [0.5, 0.6) is 5.75 Å². The van der Waals surface area contributed by atoms with Gasteiger partial charge in [-0.25, -0.2) is 0 Å². The topological polar surface area (TPSA) is 70.7 Å². The van der Waals surface area contributed by atoms with Gasteiger partial charge in [-0.1, -0.05) is 6.92 Å². The van der Waals surface area contributed by atoms with Gasteiger partial charge in [0, 0.05) is 31.0 Å². The Hall–Kier alpha value is -3.02. The Morgan fingerprint density at radius 1 is 0.962 bits per heavy atom. The van der Waals surface area contributed by atoms with Crippen LogP contribution in [0.3, 0.4) is 0 Å². The summed E-state index contributed by atoms with van der Waals surface area (Å²) in [6, 6.07) is 14.3. The minimum Gasteiger partial charge on any atom is -0.494 e. The molecule has 2 amide bonds. The number of carbonyl (C=O) groups is 2. The molecule has 2 N–H and O–H groups in total. The van der Waals surface area contributed by atoms with Gasteiger partial charge in [-0.15, -0.1) is 0 Å². The van der Waals surface area contributed by atoms with Crippen LogP contribution in [0.25, 0.3) is 0 Å². The summed E-state index contributed by atoms with van der Waals surface area (Å²) in [6.07, 6.45) is 0.963. The first kappa shape index (κ1) is 19.3. The molecule has 0 atom stereocenters. The maximum atomic E-state index is 12.0. The molecule has 0 radical (unpaired) electrons. The first-order chi connectivity index (χ1) is 12.5. The van der Waals surface area contributed by atoms with E-state index >= 15 is 0 Å². The molecule has 6 nitrogen and oxygen atoms in total. The van der Waals surface area contributed by atoms with Crippen molar-refractivity contribution in [2.24, 2.45) is 0 Å². The average Bonchev–Trinajstić information content (AvgIpc) is 2.65. The Bertz CT molecular complexity index is 725. The average molecular weight is 355 g/mol. The van der Waals surface area contributed by atoms with Crippen molar-refractivity contribution >= 4 is 23.2 Å². The zero-order valence-electron chi connectivity index (χ0n) is 15.4. The molecule has 6 heteroatoms. The monoisotopic (exact) mass is 355 g/mol. The second-order valence-corrected chi connectivity index (χ2v) is 6.05. The van der Waals surface area contributed by atoms with Crippen molar-refractivity contribution in [2.75, 3.05) is 37.9 Å². The second-order valence-electron chi connectivity index (χ2n) is 6.05. The Kier molecular flexibility index (Phi) is 7.02. The van der Waals surface area contributed by atoms with Crippen molar-refractivity contribution < 1.29 is 14.3 Å². The third-order valence-corrected chi connectivity index (χ3v) is 3.60. The lowest BCUT2D eigenvalue weighted by Gasteiger charge is -2.11. The maximum absolute atomic E-state index is 12.0. The number of hydrogen-bond donors (Lipinski definition) is 2. The third kappa shape index (κ3) is 5.81. The van der Waals surface area contributed by atoms with Crippen molar-refractivity contribution in [1.82, 2.24) is 4.90 Å². The van der Waals surface area contributed by atoms with Crippen LogP contribution in [0.15, 0.2) is 48.5 Å². The van der Waals surface area contributed by atoms with E-state index in [1.807, 2.05) is 24.3 Å². The van der Waals surface area contributed by atoms with Gasteiger partial charge in [0.05, 0.1) is 13.2 Å². The van der Waals surface area contributed by atoms with Gasteiger partial charge in [-0.2, -0.15) is 0 Å². The van der Waals surface area contributed by atoms with Gasteiger partial charge in [-0.05, 0) is 55.0 Å². The second kappa shape index (κ2) is 9.46. The number of nitrogens with one attached hydrogen (secondary N) is 2. The quantitative estimate of drug-likeness (QED) is 0.763. The molecule has 2 rings (SSSR count). The van der Waals surface area contributed by atoms with E-state index in [0.29, 0.717) is 17.9 Å². The highest BCUT2D eigenvalue weighted by molar-refractivity contribution is 5.96. The van der Waals surface area contributed by atoms with Crippen LogP contribution in [0, 0.1) is 0 Å². The molecule has 2 aromatic carbocycles. The van der Waals surface area contributed by atoms with E-state index in [2.05, 4.69) is 17.6 Å². The molecule has 0 bridgehead atoms. The fraction of sp³-hybridized carbons (Fsp3) is 0.300. The molecule has 0 aromatic heterocycles. The molecule has 0 aliphatic carbocycles. The van der Waals surface area contributed by atoms with Crippen molar-refractivity contribution in [1.29, 1.82) is 0 Å². The van der Waals surface area contributed by atoms with E-state index in [9.17, 15) is 9.59 Å². The molecule has 0 fully saturated rings. The Labute approximate surface area is 154 Å². The van der Waals surface area contributed by atoms with E-state index in [0.717, 1.165) is 17.9 Å². The SMILES string of the molecule is CCCOc1ccc(NCC(=O)Nc2ccc(C(=O)N(C)C)cc2)cc1. The summed E-state index contributed by atoms with van der Waals surface area (Å²) in [6.45, 7) is 2.89. The Morgan fingerprint density at radius 3 is 2.15 bits per heavy atom. The highest BCUT2D eigenvalue weighted by Gasteiger charge is 2.08. The highest BCUT2D eigenvalue weighted by atomic mass is 16.5. The van der Waals surface area contributed by atoms with Gasteiger partial charge < -0.3 is 20.3 Å². The van der Waals surface area contributed by atoms with Crippen LogP contribution in [-0.2, 0) is 4.79 Å². The summed E-state index contributed by atoms with van der Waals surface area (Å²) in [5.74, 6) is 0.577. The van der Waals surface area contributed by atoms with E-state index in [4.69, 9.17) is 4.74 Å². The zero-order valence-corrected chi connectivity index (χ0v) is 15.4. The lowest BCUT2D eigenvalue weighted by molar-refractivity contribution is -0.114. The molecule has 2 aromatic rings. The molecule has 0 saturated carbocycles. The number of benzene rings is 2. The fourth-order valence-electron chi connectivity index (χ4n) is 2.23. The first-order valence-electron chi connectivity index (χ1n) is 8.58. The smallest absolute Gasteiger partial charge is 0.253 e. The highest BCUT2D eigenvalue weighted by Crippen LogP contribution is 2.16. The normalized spacial score (nSPS) is 10.1. The van der Waals surface area contributed by atoms with Crippen LogP contribution in [-0.4, -0.2) is 44.0 Å². The summed E-state index contributed by atoms with van der Waals surface area (Å²) in [5, 5.41) is 5.86. The number of hydrogen-bond acceptors (Lipinski definition) is 4. The molecule has 138 valence electrons. The molecular formula is C20H25N3O3. The van der Waals surface area contributed by atoms with E-state index < -0.39 is 0 Å². The van der Waals surface area contributed by atoms with Crippen molar-refractivity contribution in [3.8, 4) is 5.75 Å². The van der Waals surface area contributed by atoms with Crippen molar-refractivity contribution in [3.05, 3.63) is 54.1 Å². The summed E-state index contributed by atoms with van der Waals surface area (Å²) in [4.78, 5) is 25.4. The largest absolute Gasteiger partial charge is 0.494 e. The standard InChI is InChI=1S/C20H25N3O3/c1-4-13-26-18-11-9-16(10-12-18)21-14-19(24)22-17-7-5-15(6-8-17)20(25)23(2)3/h5-12,21H,4,13-14H2,1-3H3,(H,22,24).